The predicted molar refractivity (Wildman–Crippen MR) is 146 cm³/mol. The molecule has 206 valence electrons. The summed E-state index contributed by atoms with van der Waals surface area (Å²) >= 11 is 6.87. The van der Waals surface area contributed by atoms with Crippen molar-refractivity contribution in [2.24, 2.45) is 5.73 Å². The summed E-state index contributed by atoms with van der Waals surface area (Å²) in [5.74, 6) is -1.33. The van der Waals surface area contributed by atoms with Crippen LogP contribution in [-0.4, -0.2) is 26.6 Å². The molecule has 4 aromatic heterocycles. The van der Waals surface area contributed by atoms with E-state index in [-0.39, 0.29) is 38.6 Å². The SMILES string of the molecule is Cc1ccc(-c2cc(C(F)(F)F)nc3sc(C(N)=O)c(NC(=O)c4ccc(Cn5nc(C)c(Cl)c5C)o4)c23)cc1. The number of nitrogens with two attached hydrogens (primary N) is 1. The number of aromatic nitrogens is 3. The molecule has 0 radical (unpaired) electrons. The molecule has 3 N–H and O–H groups in total. The molecule has 0 aliphatic heterocycles. The number of amides is 2. The average molecular weight is 588 g/mol. The lowest BCUT2D eigenvalue weighted by molar-refractivity contribution is -0.140. The highest BCUT2D eigenvalue weighted by Gasteiger charge is 2.35. The van der Waals surface area contributed by atoms with E-state index in [2.05, 4.69) is 15.4 Å². The Morgan fingerprint density at radius 3 is 2.42 bits per heavy atom. The third-order valence-electron chi connectivity index (χ3n) is 6.26. The second-order valence-corrected chi connectivity index (χ2v) is 10.5. The number of nitrogens with zero attached hydrogens (tertiary/aromatic N) is 3. The van der Waals surface area contributed by atoms with Gasteiger partial charge in [0.1, 0.15) is 21.2 Å². The van der Waals surface area contributed by atoms with E-state index in [4.69, 9.17) is 21.8 Å². The molecule has 0 saturated heterocycles. The van der Waals surface area contributed by atoms with Gasteiger partial charge in [-0.05, 0) is 50.1 Å². The molecule has 2 amide bonds. The summed E-state index contributed by atoms with van der Waals surface area (Å²) in [6.07, 6.45) is -4.74. The number of furan rings is 1. The molecule has 5 aromatic rings. The van der Waals surface area contributed by atoms with Gasteiger partial charge < -0.3 is 15.5 Å². The van der Waals surface area contributed by atoms with E-state index in [9.17, 15) is 22.8 Å². The molecule has 13 heteroatoms. The number of halogens is 4. The van der Waals surface area contributed by atoms with Crippen molar-refractivity contribution >= 4 is 50.7 Å². The van der Waals surface area contributed by atoms with Crippen LogP contribution in [0.25, 0.3) is 21.3 Å². The van der Waals surface area contributed by atoms with Crippen LogP contribution < -0.4 is 11.1 Å². The summed E-state index contributed by atoms with van der Waals surface area (Å²) in [6, 6.07) is 10.7. The summed E-state index contributed by atoms with van der Waals surface area (Å²) in [4.78, 5) is 29.1. The van der Waals surface area contributed by atoms with Gasteiger partial charge in [0.2, 0.25) is 0 Å². The van der Waals surface area contributed by atoms with E-state index >= 15 is 0 Å². The molecule has 40 heavy (non-hydrogen) atoms. The smallest absolute Gasteiger partial charge is 0.433 e. The van der Waals surface area contributed by atoms with Crippen molar-refractivity contribution in [3.05, 3.63) is 86.5 Å². The molecule has 8 nitrogen and oxygen atoms in total. The Bertz CT molecular complexity index is 1790. The third-order valence-corrected chi connectivity index (χ3v) is 7.91. The summed E-state index contributed by atoms with van der Waals surface area (Å²) in [7, 11) is 0. The van der Waals surface area contributed by atoms with Crippen LogP contribution in [0.2, 0.25) is 5.02 Å². The number of hydrogen-bond donors (Lipinski definition) is 2. The fourth-order valence-electron chi connectivity index (χ4n) is 4.23. The highest BCUT2D eigenvalue weighted by atomic mass is 35.5. The molecule has 5 rings (SSSR count). The molecular weight excluding hydrogens is 567 g/mol. The summed E-state index contributed by atoms with van der Waals surface area (Å²) in [5.41, 5.74) is 7.25. The Balaban J connectivity index is 1.57. The van der Waals surface area contributed by atoms with E-state index in [0.29, 0.717) is 33.4 Å². The molecule has 4 heterocycles. The first-order valence-corrected chi connectivity index (χ1v) is 13.0. The molecule has 0 saturated carbocycles. The molecule has 0 bridgehead atoms. The summed E-state index contributed by atoms with van der Waals surface area (Å²) in [5, 5.41) is 7.65. The van der Waals surface area contributed by atoms with Crippen molar-refractivity contribution in [3.63, 3.8) is 0 Å². The minimum Gasteiger partial charge on any atom is -0.454 e. The Hall–Kier alpha value is -4.16. The van der Waals surface area contributed by atoms with Crippen molar-refractivity contribution in [2.75, 3.05) is 5.32 Å². The number of carbonyl (C=O) groups excluding carboxylic acids is 2. The molecule has 0 unspecified atom stereocenters. The highest BCUT2D eigenvalue weighted by Crippen LogP contribution is 2.43. The zero-order valence-electron chi connectivity index (χ0n) is 21.3. The second kappa shape index (κ2) is 10.1. The number of pyridine rings is 1. The number of alkyl halides is 3. The standard InChI is InChI=1S/C27H21ClF3N5O3S/c1-12-4-6-15(7-5-12)17-10-19(27(29,30)31)33-26-20(17)22(23(40-26)24(32)37)34-25(38)18-9-8-16(39-18)11-36-14(3)21(28)13(2)35-36/h4-10H,11H2,1-3H3,(H2,32,37)(H,34,38). The van der Waals surface area contributed by atoms with E-state index in [1.165, 1.54) is 6.07 Å². The van der Waals surface area contributed by atoms with Crippen molar-refractivity contribution in [1.29, 1.82) is 0 Å². The van der Waals surface area contributed by atoms with Crippen molar-refractivity contribution in [1.82, 2.24) is 14.8 Å². The summed E-state index contributed by atoms with van der Waals surface area (Å²) in [6.45, 7) is 5.62. The first-order chi connectivity index (χ1) is 18.8. The maximum absolute atomic E-state index is 13.7. The van der Waals surface area contributed by atoms with E-state index in [0.717, 1.165) is 17.3 Å². The molecule has 0 aliphatic rings. The molecule has 1 aromatic carbocycles. The maximum atomic E-state index is 13.7. The number of aryl methyl sites for hydroxylation is 2. The minimum atomic E-state index is -4.74. The van der Waals surface area contributed by atoms with Crippen LogP contribution in [0, 0.1) is 20.8 Å². The lowest BCUT2D eigenvalue weighted by Gasteiger charge is -2.12. The van der Waals surface area contributed by atoms with Crippen LogP contribution >= 0.6 is 22.9 Å². The van der Waals surface area contributed by atoms with Gasteiger partial charge in [-0.3, -0.25) is 14.3 Å². The number of anilines is 1. The van der Waals surface area contributed by atoms with Gasteiger partial charge in [-0.15, -0.1) is 11.3 Å². The Labute approximate surface area is 234 Å². The quantitative estimate of drug-likeness (QED) is 0.228. The molecule has 0 fully saturated rings. The summed E-state index contributed by atoms with van der Waals surface area (Å²) < 4.78 is 48.6. The number of benzene rings is 1. The lowest BCUT2D eigenvalue weighted by atomic mass is 10.00. The van der Waals surface area contributed by atoms with Gasteiger partial charge in [-0.25, -0.2) is 4.98 Å². The van der Waals surface area contributed by atoms with Crippen molar-refractivity contribution in [3.8, 4) is 11.1 Å². The first-order valence-electron chi connectivity index (χ1n) is 11.8. The van der Waals surface area contributed by atoms with Gasteiger partial charge in [-0.2, -0.15) is 18.3 Å². The number of hydrogen-bond acceptors (Lipinski definition) is 6. The average Bonchev–Trinajstić information content (AvgIpc) is 3.57. The largest absolute Gasteiger partial charge is 0.454 e. The lowest BCUT2D eigenvalue weighted by Crippen LogP contribution is -2.16. The van der Waals surface area contributed by atoms with Crippen LogP contribution in [0.3, 0.4) is 0 Å². The third kappa shape index (κ3) is 5.07. The molecule has 0 spiro atoms. The Morgan fingerprint density at radius 2 is 1.82 bits per heavy atom. The van der Waals surface area contributed by atoms with Gasteiger partial charge in [0, 0.05) is 5.39 Å². The van der Waals surface area contributed by atoms with Crippen molar-refractivity contribution in [2.45, 2.75) is 33.5 Å². The Kier molecular flexibility index (Phi) is 6.92. The first kappa shape index (κ1) is 27.4. The van der Waals surface area contributed by atoms with Crippen molar-refractivity contribution < 1.29 is 27.2 Å². The maximum Gasteiger partial charge on any atom is 0.433 e. The van der Waals surface area contributed by atoms with Crippen LogP contribution in [0.4, 0.5) is 18.9 Å². The Morgan fingerprint density at radius 1 is 1.12 bits per heavy atom. The van der Waals surface area contributed by atoms with E-state index < -0.39 is 23.7 Å². The van der Waals surface area contributed by atoms with Gasteiger partial charge in [0.05, 0.1) is 28.6 Å². The monoisotopic (exact) mass is 587 g/mol. The van der Waals surface area contributed by atoms with Crippen LogP contribution in [0.1, 0.15) is 48.6 Å². The van der Waals surface area contributed by atoms with Crippen LogP contribution in [-0.2, 0) is 12.7 Å². The topological polar surface area (TPSA) is 116 Å². The molecule has 0 aliphatic carbocycles. The number of fused-ring (bicyclic) bond motifs is 1. The highest BCUT2D eigenvalue weighted by molar-refractivity contribution is 7.21. The van der Waals surface area contributed by atoms with E-state index in [1.54, 1.807) is 48.9 Å². The van der Waals surface area contributed by atoms with Gasteiger partial charge in [-0.1, -0.05) is 41.4 Å². The zero-order valence-corrected chi connectivity index (χ0v) is 22.9. The van der Waals surface area contributed by atoms with Gasteiger partial charge in [0.25, 0.3) is 11.8 Å². The number of carbonyl (C=O) groups is 2. The van der Waals surface area contributed by atoms with E-state index in [1.807, 2.05) is 6.92 Å². The van der Waals surface area contributed by atoms with Gasteiger partial charge >= 0.3 is 6.18 Å². The second-order valence-electron chi connectivity index (χ2n) is 9.13. The fraction of sp³-hybridized carbons (Fsp3) is 0.185. The number of thiophene rings is 1. The molecular formula is C27H21ClF3N5O3S. The number of nitrogens with one attached hydrogen (secondary N) is 1. The van der Waals surface area contributed by atoms with Gasteiger partial charge in [0.15, 0.2) is 5.76 Å². The zero-order chi connectivity index (χ0) is 28.9. The number of rotatable bonds is 6. The fourth-order valence-corrected chi connectivity index (χ4v) is 5.38. The predicted octanol–water partition coefficient (Wildman–Crippen LogP) is 6.75. The van der Waals surface area contributed by atoms with Crippen LogP contribution in [0.15, 0.2) is 46.9 Å². The normalized spacial score (nSPS) is 11.8. The molecule has 0 atom stereocenters. The number of primary amides is 1. The minimum absolute atomic E-state index is 0.0439. The van der Waals surface area contributed by atoms with Crippen LogP contribution in [0.5, 0.6) is 0 Å².